The van der Waals surface area contributed by atoms with Crippen LogP contribution in [0.3, 0.4) is 0 Å². The Kier molecular flexibility index (Phi) is 6.88. The summed E-state index contributed by atoms with van der Waals surface area (Å²) >= 11 is 1.19. The van der Waals surface area contributed by atoms with Crippen LogP contribution in [0.15, 0.2) is 76.8 Å². The number of aliphatic imine (C=N–C) groups is 1. The van der Waals surface area contributed by atoms with Gasteiger partial charge < -0.3 is 5.32 Å². The first kappa shape index (κ1) is 24.8. The fraction of sp³-hybridized carbons (Fsp3) is 0.214. The van der Waals surface area contributed by atoms with Crippen molar-refractivity contribution in [2.45, 2.75) is 38.0 Å². The minimum Gasteiger partial charge on any atom is -0.326 e. The van der Waals surface area contributed by atoms with Crippen LogP contribution < -0.4 is 5.32 Å². The normalized spacial score (nSPS) is 19.1. The van der Waals surface area contributed by atoms with Gasteiger partial charge in [-0.15, -0.1) is 0 Å². The van der Waals surface area contributed by atoms with Gasteiger partial charge in [0.15, 0.2) is 5.17 Å². The number of benzene rings is 3. The van der Waals surface area contributed by atoms with Gasteiger partial charge in [0.25, 0.3) is 5.91 Å². The van der Waals surface area contributed by atoms with Crippen molar-refractivity contribution in [3.8, 4) is 0 Å². The maximum atomic E-state index is 13.8. The van der Waals surface area contributed by atoms with Gasteiger partial charge in [0.2, 0.25) is 5.91 Å². The molecular weight excluding hydrogens is 494 g/mol. The molecule has 2 aliphatic heterocycles. The molecule has 0 aliphatic carbocycles. The van der Waals surface area contributed by atoms with E-state index >= 15 is 0 Å². The number of hydrazone groups is 1. The molecule has 3 aromatic rings. The Labute approximate surface area is 217 Å². The summed E-state index contributed by atoms with van der Waals surface area (Å²) in [6, 6.07) is 18.4. The van der Waals surface area contributed by atoms with Gasteiger partial charge >= 0.3 is 0 Å². The van der Waals surface area contributed by atoms with Crippen molar-refractivity contribution in [3.05, 3.63) is 101 Å². The fourth-order valence-electron chi connectivity index (χ4n) is 4.21. The number of carbonyl (C=O) groups excluding carboxylic acids is 2. The van der Waals surface area contributed by atoms with Crippen molar-refractivity contribution in [2.75, 3.05) is 5.32 Å². The van der Waals surface area contributed by atoms with E-state index in [0.717, 1.165) is 22.4 Å². The molecule has 0 fully saturated rings. The number of rotatable bonds is 5. The molecule has 5 rings (SSSR count). The van der Waals surface area contributed by atoms with E-state index in [9.17, 15) is 18.4 Å². The van der Waals surface area contributed by atoms with Gasteiger partial charge in [0.05, 0.1) is 11.8 Å². The number of anilines is 1. The lowest BCUT2D eigenvalue weighted by Crippen LogP contribution is -2.25. The number of amidine groups is 1. The molecule has 0 saturated carbocycles. The van der Waals surface area contributed by atoms with Crippen molar-refractivity contribution >= 4 is 40.1 Å². The molecule has 0 saturated heterocycles. The summed E-state index contributed by atoms with van der Waals surface area (Å²) in [5, 5.41) is 8.83. The van der Waals surface area contributed by atoms with E-state index in [0.29, 0.717) is 22.8 Å². The predicted octanol–water partition coefficient (Wildman–Crippen LogP) is 5.76. The Hall–Kier alpha value is -3.85. The predicted molar refractivity (Wildman–Crippen MR) is 142 cm³/mol. The minimum atomic E-state index is -0.714. The molecule has 0 aromatic heterocycles. The number of amides is 2. The van der Waals surface area contributed by atoms with Gasteiger partial charge in [-0.3, -0.25) is 9.59 Å². The maximum absolute atomic E-state index is 13.8. The zero-order valence-electron chi connectivity index (χ0n) is 20.2. The highest BCUT2D eigenvalue weighted by Gasteiger charge is 2.39. The molecule has 3 aromatic carbocycles. The van der Waals surface area contributed by atoms with E-state index in [1.807, 2.05) is 31.2 Å². The third-order valence-electron chi connectivity index (χ3n) is 6.30. The van der Waals surface area contributed by atoms with Gasteiger partial charge in [-0.05, 0) is 54.8 Å². The van der Waals surface area contributed by atoms with Crippen molar-refractivity contribution in [1.29, 1.82) is 0 Å². The highest BCUT2D eigenvalue weighted by atomic mass is 32.2. The van der Waals surface area contributed by atoms with Crippen molar-refractivity contribution in [3.63, 3.8) is 0 Å². The number of nitrogens with one attached hydrogen (secondary N) is 1. The molecule has 2 amide bonds. The molecular formula is C28H24F2N4O2S. The van der Waals surface area contributed by atoms with E-state index in [1.165, 1.54) is 30.0 Å². The zero-order valence-corrected chi connectivity index (χ0v) is 21.1. The van der Waals surface area contributed by atoms with Gasteiger partial charge in [0, 0.05) is 18.5 Å². The second kappa shape index (κ2) is 10.3. The molecule has 2 heterocycles. The van der Waals surface area contributed by atoms with Crippen LogP contribution in [-0.4, -0.2) is 33.0 Å². The number of hydrogen-bond donors (Lipinski definition) is 1. The standard InChI is InChI=1S/C28H24F2N4O2S/c1-16-3-6-19(7-4-16)24-14-23(18-8-10-20(29)11-9-18)33-34(24)28-32-27(36)25(37-28)15-26(35)31-21-12-5-17(2)22(30)13-21/h3-13,24-25H,14-15H2,1-2H3,(H,31,35)/t24-,25-/m1/s1. The number of thioether (sulfide) groups is 1. The number of nitrogens with zero attached hydrogens (tertiary/aromatic N) is 3. The van der Waals surface area contributed by atoms with Crippen LogP contribution in [0.1, 0.15) is 41.1 Å². The monoisotopic (exact) mass is 518 g/mol. The summed E-state index contributed by atoms with van der Waals surface area (Å²) in [5.74, 6) is -1.57. The van der Waals surface area contributed by atoms with Gasteiger partial charge in [-0.1, -0.05) is 59.8 Å². The summed E-state index contributed by atoms with van der Waals surface area (Å²) in [7, 11) is 0. The summed E-state index contributed by atoms with van der Waals surface area (Å²) < 4.78 is 27.3. The van der Waals surface area contributed by atoms with Gasteiger partial charge in [0.1, 0.15) is 16.9 Å². The van der Waals surface area contributed by atoms with E-state index in [1.54, 1.807) is 36.2 Å². The van der Waals surface area contributed by atoms with Crippen molar-refractivity contribution < 1.29 is 18.4 Å². The lowest BCUT2D eigenvalue weighted by atomic mass is 9.98. The second-order valence-corrected chi connectivity index (χ2v) is 10.3. The summed E-state index contributed by atoms with van der Waals surface area (Å²) in [6.07, 6.45) is 0.441. The second-order valence-electron chi connectivity index (χ2n) is 9.08. The molecule has 2 aliphatic rings. The maximum Gasteiger partial charge on any atom is 0.262 e. The quantitative estimate of drug-likeness (QED) is 0.466. The highest BCUT2D eigenvalue weighted by molar-refractivity contribution is 8.15. The van der Waals surface area contributed by atoms with Crippen LogP contribution >= 0.6 is 11.8 Å². The Bertz CT molecular complexity index is 1420. The molecule has 2 atom stereocenters. The average molecular weight is 519 g/mol. The van der Waals surface area contributed by atoms with Crippen LogP contribution in [0.4, 0.5) is 14.5 Å². The molecule has 6 nitrogen and oxygen atoms in total. The molecule has 188 valence electrons. The number of hydrogen-bond acceptors (Lipinski definition) is 5. The summed E-state index contributed by atoms with van der Waals surface area (Å²) in [6.45, 7) is 3.65. The van der Waals surface area contributed by atoms with E-state index < -0.39 is 22.9 Å². The molecule has 37 heavy (non-hydrogen) atoms. The molecule has 0 spiro atoms. The average Bonchev–Trinajstić information content (AvgIpc) is 3.46. The Morgan fingerprint density at radius 3 is 2.49 bits per heavy atom. The molecule has 9 heteroatoms. The van der Waals surface area contributed by atoms with Crippen LogP contribution in [0.2, 0.25) is 0 Å². The van der Waals surface area contributed by atoms with Crippen LogP contribution in [0, 0.1) is 25.5 Å². The molecule has 0 radical (unpaired) electrons. The van der Waals surface area contributed by atoms with Crippen molar-refractivity contribution in [1.82, 2.24) is 5.01 Å². The van der Waals surface area contributed by atoms with E-state index in [4.69, 9.17) is 5.10 Å². The third kappa shape index (κ3) is 5.46. The minimum absolute atomic E-state index is 0.108. The van der Waals surface area contributed by atoms with Crippen LogP contribution in [0.25, 0.3) is 0 Å². The highest BCUT2D eigenvalue weighted by Crippen LogP contribution is 2.38. The van der Waals surface area contributed by atoms with E-state index in [-0.39, 0.29) is 18.3 Å². The number of carbonyl (C=O) groups is 2. The fourth-order valence-corrected chi connectivity index (χ4v) is 5.27. The molecule has 1 N–H and O–H groups in total. The number of aryl methyl sites for hydroxylation is 2. The first-order valence-corrected chi connectivity index (χ1v) is 12.7. The van der Waals surface area contributed by atoms with E-state index in [2.05, 4.69) is 10.3 Å². The Morgan fingerprint density at radius 2 is 1.78 bits per heavy atom. The zero-order chi connectivity index (χ0) is 26.1. The first-order chi connectivity index (χ1) is 17.8. The van der Waals surface area contributed by atoms with Crippen LogP contribution in [-0.2, 0) is 9.59 Å². The number of halogens is 2. The van der Waals surface area contributed by atoms with Crippen molar-refractivity contribution in [2.24, 2.45) is 10.1 Å². The van der Waals surface area contributed by atoms with Gasteiger partial charge in [-0.2, -0.15) is 10.1 Å². The Morgan fingerprint density at radius 1 is 1.05 bits per heavy atom. The SMILES string of the molecule is Cc1ccc([C@H]2CC(c3ccc(F)cc3)=NN2C2=NC(=O)[C@@H](CC(=O)Nc3ccc(C)c(F)c3)S2)cc1. The Balaban J connectivity index is 1.34. The lowest BCUT2D eigenvalue weighted by molar-refractivity contribution is -0.121. The molecule has 0 unspecified atom stereocenters. The first-order valence-electron chi connectivity index (χ1n) is 11.8. The van der Waals surface area contributed by atoms with Gasteiger partial charge in [-0.25, -0.2) is 13.8 Å². The summed E-state index contributed by atoms with van der Waals surface area (Å²) in [4.78, 5) is 29.6. The smallest absolute Gasteiger partial charge is 0.262 e. The summed E-state index contributed by atoms with van der Waals surface area (Å²) in [5.41, 5.74) is 4.48. The third-order valence-corrected chi connectivity index (χ3v) is 7.44. The molecule has 0 bridgehead atoms. The van der Waals surface area contributed by atoms with Crippen LogP contribution in [0.5, 0.6) is 0 Å². The largest absolute Gasteiger partial charge is 0.326 e. The lowest BCUT2D eigenvalue weighted by Gasteiger charge is -2.23. The topological polar surface area (TPSA) is 74.1 Å².